The summed E-state index contributed by atoms with van der Waals surface area (Å²) in [5.41, 5.74) is -0.650. The molecule has 1 aromatic heterocycles. The fraction of sp³-hybridized carbons (Fsp3) is 0.286. The molecule has 118 valence electrons. The Bertz CT molecular complexity index is 720. The van der Waals surface area contributed by atoms with Crippen LogP contribution in [0.4, 0.5) is 0 Å². The first-order valence-corrected chi connectivity index (χ1v) is 9.33. The monoisotopic (exact) mass is 357 g/mol. The van der Waals surface area contributed by atoms with Gasteiger partial charge in [0, 0.05) is 28.7 Å². The summed E-state index contributed by atoms with van der Waals surface area (Å²) in [5.74, 6) is 0.504. The maximum absolute atomic E-state index is 12.4. The summed E-state index contributed by atoms with van der Waals surface area (Å²) < 4.78 is 27.4. The first-order valence-electron chi connectivity index (χ1n) is 6.48. The molecule has 0 fully saturated rings. The summed E-state index contributed by atoms with van der Waals surface area (Å²) in [6, 6.07) is 7.80. The van der Waals surface area contributed by atoms with Gasteiger partial charge in [-0.05, 0) is 44.2 Å². The van der Waals surface area contributed by atoms with Gasteiger partial charge in [0.25, 0.3) is 0 Å². The van der Waals surface area contributed by atoms with Crippen LogP contribution in [0.5, 0.6) is 0 Å². The van der Waals surface area contributed by atoms with Gasteiger partial charge in [0.15, 0.2) is 5.16 Å². The quantitative estimate of drug-likeness (QED) is 0.635. The van der Waals surface area contributed by atoms with Crippen LogP contribution in [0.2, 0.25) is 5.02 Å². The van der Waals surface area contributed by atoms with Crippen LogP contribution in [0, 0.1) is 0 Å². The van der Waals surface area contributed by atoms with Crippen LogP contribution in [-0.2, 0) is 10.0 Å². The average Bonchev–Trinajstić information content (AvgIpc) is 2.46. The summed E-state index contributed by atoms with van der Waals surface area (Å²) in [5, 5.41) is 1.11. The lowest BCUT2D eigenvalue weighted by atomic mass is 10.1. The zero-order valence-electron chi connectivity index (χ0n) is 12.2. The molecule has 1 aromatic carbocycles. The zero-order chi connectivity index (χ0) is 16.2. The number of aromatic nitrogens is 2. The van der Waals surface area contributed by atoms with Gasteiger partial charge < -0.3 is 0 Å². The van der Waals surface area contributed by atoms with Gasteiger partial charge in [0.05, 0.1) is 4.90 Å². The minimum atomic E-state index is -3.60. The molecule has 0 atom stereocenters. The SMILES string of the molecule is CC(C)(CSc1ncccn1)NS(=O)(=O)c1ccc(Cl)cc1. The molecule has 0 amide bonds. The second kappa shape index (κ2) is 6.95. The maximum Gasteiger partial charge on any atom is 0.241 e. The predicted octanol–water partition coefficient (Wildman–Crippen LogP) is 2.98. The molecule has 0 radical (unpaired) electrons. The molecule has 1 heterocycles. The second-order valence-electron chi connectivity index (χ2n) is 5.26. The fourth-order valence-electron chi connectivity index (χ4n) is 1.67. The predicted molar refractivity (Wildman–Crippen MR) is 88.6 cm³/mol. The number of benzene rings is 1. The summed E-state index contributed by atoms with van der Waals surface area (Å²) in [6.45, 7) is 3.63. The van der Waals surface area contributed by atoms with Crippen molar-refractivity contribution < 1.29 is 8.42 Å². The van der Waals surface area contributed by atoms with Crippen molar-refractivity contribution in [3.63, 3.8) is 0 Å². The normalized spacial score (nSPS) is 12.3. The molecular formula is C14H16ClN3O2S2. The number of rotatable bonds is 6. The molecule has 1 N–H and O–H groups in total. The highest BCUT2D eigenvalue weighted by atomic mass is 35.5. The highest BCUT2D eigenvalue weighted by Gasteiger charge is 2.26. The lowest BCUT2D eigenvalue weighted by Crippen LogP contribution is -2.45. The van der Waals surface area contributed by atoms with E-state index in [0.717, 1.165) is 0 Å². The fourth-order valence-corrected chi connectivity index (χ4v) is 4.13. The average molecular weight is 358 g/mol. The summed E-state index contributed by atoms with van der Waals surface area (Å²) in [7, 11) is -3.60. The largest absolute Gasteiger partial charge is 0.241 e. The first-order chi connectivity index (χ1) is 10.3. The maximum atomic E-state index is 12.4. The molecule has 0 aliphatic carbocycles. The Morgan fingerprint density at radius 3 is 2.36 bits per heavy atom. The molecular weight excluding hydrogens is 342 g/mol. The van der Waals surface area contributed by atoms with E-state index in [2.05, 4.69) is 14.7 Å². The summed E-state index contributed by atoms with van der Waals surface area (Å²) in [4.78, 5) is 8.40. The minimum absolute atomic E-state index is 0.186. The van der Waals surface area contributed by atoms with Crippen LogP contribution in [-0.4, -0.2) is 29.7 Å². The molecule has 8 heteroatoms. The number of hydrogen-bond acceptors (Lipinski definition) is 5. The molecule has 0 bridgehead atoms. The van der Waals surface area contributed by atoms with E-state index in [1.54, 1.807) is 30.6 Å². The summed E-state index contributed by atoms with van der Waals surface area (Å²) >= 11 is 7.18. The van der Waals surface area contributed by atoms with E-state index in [1.807, 2.05) is 13.8 Å². The van der Waals surface area contributed by atoms with Crippen molar-refractivity contribution in [2.45, 2.75) is 29.4 Å². The zero-order valence-corrected chi connectivity index (χ0v) is 14.5. The van der Waals surface area contributed by atoms with Gasteiger partial charge in [-0.25, -0.2) is 23.1 Å². The van der Waals surface area contributed by atoms with Crippen molar-refractivity contribution >= 4 is 33.4 Å². The van der Waals surface area contributed by atoms with Crippen molar-refractivity contribution in [1.82, 2.24) is 14.7 Å². The smallest absolute Gasteiger partial charge is 0.231 e. The highest BCUT2D eigenvalue weighted by Crippen LogP contribution is 2.21. The van der Waals surface area contributed by atoms with E-state index in [-0.39, 0.29) is 4.90 Å². The van der Waals surface area contributed by atoms with E-state index in [1.165, 1.54) is 23.9 Å². The Morgan fingerprint density at radius 2 is 1.77 bits per heavy atom. The molecule has 0 spiro atoms. The van der Waals surface area contributed by atoms with Crippen molar-refractivity contribution in [3.8, 4) is 0 Å². The molecule has 0 saturated heterocycles. The van der Waals surface area contributed by atoms with E-state index in [9.17, 15) is 8.42 Å². The number of hydrogen-bond donors (Lipinski definition) is 1. The van der Waals surface area contributed by atoms with E-state index in [4.69, 9.17) is 11.6 Å². The van der Waals surface area contributed by atoms with Gasteiger partial charge in [-0.2, -0.15) is 0 Å². The Labute approximate surface area is 139 Å². The number of thioether (sulfide) groups is 1. The number of nitrogens with one attached hydrogen (secondary N) is 1. The van der Waals surface area contributed by atoms with Crippen molar-refractivity contribution in [1.29, 1.82) is 0 Å². The third-order valence-electron chi connectivity index (χ3n) is 2.64. The Balaban J connectivity index is 2.05. The van der Waals surface area contributed by atoms with Gasteiger partial charge in [-0.1, -0.05) is 23.4 Å². The molecule has 0 aliphatic rings. The van der Waals surface area contributed by atoms with Crippen LogP contribution < -0.4 is 4.72 Å². The third-order valence-corrected chi connectivity index (χ3v) is 5.94. The molecule has 2 aromatic rings. The molecule has 2 rings (SSSR count). The minimum Gasteiger partial charge on any atom is -0.231 e. The van der Waals surface area contributed by atoms with Crippen molar-refractivity contribution in [3.05, 3.63) is 47.7 Å². The topological polar surface area (TPSA) is 72.0 Å². The number of sulfonamides is 1. The lowest BCUT2D eigenvalue weighted by Gasteiger charge is -2.25. The highest BCUT2D eigenvalue weighted by molar-refractivity contribution is 7.99. The summed E-state index contributed by atoms with van der Waals surface area (Å²) in [6.07, 6.45) is 3.31. The molecule has 22 heavy (non-hydrogen) atoms. The Kier molecular flexibility index (Phi) is 5.44. The van der Waals surface area contributed by atoms with Crippen molar-refractivity contribution in [2.24, 2.45) is 0 Å². The van der Waals surface area contributed by atoms with Gasteiger partial charge in [0.2, 0.25) is 10.0 Å². The standard InChI is InChI=1S/C14H16ClN3O2S2/c1-14(2,10-21-13-16-8-3-9-17-13)18-22(19,20)12-6-4-11(15)5-7-12/h3-9,18H,10H2,1-2H3. The van der Waals surface area contributed by atoms with Crippen LogP contribution in [0.1, 0.15) is 13.8 Å². The molecule has 0 unspecified atom stereocenters. The van der Waals surface area contributed by atoms with E-state index < -0.39 is 15.6 Å². The van der Waals surface area contributed by atoms with Gasteiger partial charge >= 0.3 is 0 Å². The first kappa shape index (κ1) is 17.2. The van der Waals surface area contributed by atoms with Gasteiger partial charge in [-0.15, -0.1) is 0 Å². The Morgan fingerprint density at radius 1 is 1.18 bits per heavy atom. The third kappa shape index (κ3) is 4.95. The number of halogens is 1. The van der Waals surface area contributed by atoms with Crippen molar-refractivity contribution in [2.75, 3.05) is 5.75 Å². The lowest BCUT2D eigenvalue weighted by molar-refractivity contribution is 0.498. The second-order valence-corrected chi connectivity index (χ2v) is 8.32. The molecule has 5 nitrogen and oxygen atoms in total. The van der Waals surface area contributed by atoms with Crippen LogP contribution in [0.3, 0.4) is 0 Å². The van der Waals surface area contributed by atoms with Crippen LogP contribution in [0.15, 0.2) is 52.8 Å². The van der Waals surface area contributed by atoms with E-state index >= 15 is 0 Å². The molecule has 0 saturated carbocycles. The van der Waals surface area contributed by atoms with Crippen LogP contribution >= 0.6 is 23.4 Å². The van der Waals surface area contributed by atoms with Crippen LogP contribution in [0.25, 0.3) is 0 Å². The molecule has 0 aliphatic heterocycles. The van der Waals surface area contributed by atoms with Gasteiger partial charge in [0.1, 0.15) is 0 Å². The number of nitrogens with zero attached hydrogens (tertiary/aromatic N) is 2. The Hall–Kier alpha value is -1.15. The van der Waals surface area contributed by atoms with Gasteiger partial charge in [-0.3, -0.25) is 0 Å². The van der Waals surface area contributed by atoms with E-state index in [0.29, 0.717) is 15.9 Å².